The standard InChI is InChI=1S/C11H17N3O3/c1-8(7-16-2)4-13-10-6-12-5-9(14-10)11(15)17-3/h5-6,8H,4,7H2,1-3H3,(H,13,14). The van der Waals surface area contributed by atoms with Crippen molar-refractivity contribution in [1.82, 2.24) is 9.97 Å². The lowest BCUT2D eigenvalue weighted by molar-refractivity contribution is 0.0593. The first-order valence-corrected chi connectivity index (χ1v) is 5.30. The number of methoxy groups -OCH3 is 2. The van der Waals surface area contributed by atoms with E-state index in [0.717, 1.165) is 0 Å². The van der Waals surface area contributed by atoms with E-state index in [-0.39, 0.29) is 5.69 Å². The van der Waals surface area contributed by atoms with Crippen molar-refractivity contribution >= 4 is 11.8 Å². The summed E-state index contributed by atoms with van der Waals surface area (Å²) < 4.78 is 9.59. The van der Waals surface area contributed by atoms with Gasteiger partial charge in [-0.2, -0.15) is 0 Å². The van der Waals surface area contributed by atoms with E-state index >= 15 is 0 Å². The van der Waals surface area contributed by atoms with Gasteiger partial charge in [-0.05, 0) is 5.92 Å². The third kappa shape index (κ3) is 4.36. The summed E-state index contributed by atoms with van der Waals surface area (Å²) in [6, 6.07) is 0. The number of esters is 1. The van der Waals surface area contributed by atoms with Crippen molar-refractivity contribution in [3.8, 4) is 0 Å². The van der Waals surface area contributed by atoms with Crippen LogP contribution >= 0.6 is 0 Å². The maximum absolute atomic E-state index is 11.2. The Hall–Kier alpha value is -1.69. The minimum Gasteiger partial charge on any atom is -0.464 e. The van der Waals surface area contributed by atoms with Crippen LogP contribution < -0.4 is 5.32 Å². The molecule has 0 aliphatic carbocycles. The number of carbonyl (C=O) groups is 1. The SMILES string of the molecule is COCC(C)CNc1cncc(C(=O)OC)n1. The van der Waals surface area contributed by atoms with Crippen LogP contribution in [0.15, 0.2) is 12.4 Å². The summed E-state index contributed by atoms with van der Waals surface area (Å²) in [6.07, 6.45) is 2.93. The number of rotatable bonds is 6. The molecule has 0 amide bonds. The van der Waals surface area contributed by atoms with Crippen LogP contribution in [0.3, 0.4) is 0 Å². The van der Waals surface area contributed by atoms with Gasteiger partial charge in [-0.1, -0.05) is 6.92 Å². The van der Waals surface area contributed by atoms with Gasteiger partial charge in [0.15, 0.2) is 5.69 Å². The largest absolute Gasteiger partial charge is 0.464 e. The average molecular weight is 239 g/mol. The van der Waals surface area contributed by atoms with Crippen LogP contribution in [0.2, 0.25) is 0 Å². The number of hydrogen-bond donors (Lipinski definition) is 1. The first-order valence-electron chi connectivity index (χ1n) is 5.30. The summed E-state index contributed by atoms with van der Waals surface area (Å²) in [7, 11) is 2.97. The molecule has 1 unspecified atom stereocenters. The third-order valence-corrected chi connectivity index (χ3v) is 2.11. The third-order valence-electron chi connectivity index (χ3n) is 2.11. The van der Waals surface area contributed by atoms with Crippen molar-refractivity contribution in [3.05, 3.63) is 18.1 Å². The second-order valence-electron chi connectivity index (χ2n) is 3.72. The Balaban J connectivity index is 2.57. The van der Waals surface area contributed by atoms with Gasteiger partial charge in [0.1, 0.15) is 5.82 Å². The number of nitrogens with one attached hydrogen (secondary N) is 1. The van der Waals surface area contributed by atoms with Crippen molar-refractivity contribution in [3.63, 3.8) is 0 Å². The van der Waals surface area contributed by atoms with Gasteiger partial charge >= 0.3 is 5.97 Å². The van der Waals surface area contributed by atoms with E-state index in [4.69, 9.17) is 4.74 Å². The Labute approximate surface area is 100 Å². The second kappa shape index (κ2) is 6.80. The lowest BCUT2D eigenvalue weighted by atomic mass is 10.2. The number of ether oxygens (including phenoxy) is 2. The number of aromatic nitrogens is 2. The molecule has 6 heteroatoms. The molecule has 0 aromatic carbocycles. The molecule has 0 aliphatic heterocycles. The zero-order valence-corrected chi connectivity index (χ0v) is 10.3. The maximum Gasteiger partial charge on any atom is 0.358 e. The molecule has 0 fully saturated rings. The van der Waals surface area contributed by atoms with Crippen molar-refractivity contribution in [2.75, 3.05) is 32.7 Å². The highest BCUT2D eigenvalue weighted by atomic mass is 16.5. The van der Waals surface area contributed by atoms with Crippen LogP contribution in [0.5, 0.6) is 0 Å². The molecular weight excluding hydrogens is 222 g/mol. The molecule has 1 N–H and O–H groups in total. The molecule has 1 heterocycles. The van der Waals surface area contributed by atoms with Crippen LogP contribution in [0.1, 0.15) is 17.4 Å². The van der Waals surface area contributed by atoms with Crippen LogP contribution in [-0.2, 0) is 9.47 Å². The van der Waals surface area contributed by atoms with Gasteiger partial charge in [-0.15, -0.1) is 0 Å². The smallest absolute Gasteiger partial charge is 0.358 e. The first-order chi connectivity index (χ1) is 8.17. The summed E-state index contributed by atoms with van der Waals surface area (Å²) in [5.41, 5.74) is 0.192. The fraction of sp³-hybridized carbons (Fsp3) is 0.545. The number of carbonyl (C=O) groups excluding carboxylic acids is 1. The predicted molar refractivity (Wildman–Crippen MR) is 62.9 cm³/mol. The monoisotopic (exact) mass is 239 g/mol. The molecule has 0 saturated carbocycles. The minimum atomic E-state index is -0.494. The van der Waals surface area contributed by atoms with E-state index < -0.39 is 5.97 Å². The van der Waals surface area contributed by atoms with Crippen molar-refractivity contribution < 1.29 is 14.3 Å². The summed E-state index contributed by atoms with van der Waals surface area (Å²) in [5.74, 6) is 0.408. The van der Waals surface area contributed by atoms with E-state index in [9.17, 15) is 4.79 Å². The molecule has 0 aliphatic rings. The van der Waals surface area contributed by atoms with Gasteiger partial charge in [-0.3, -0.25) is 4.98 Å². The van der Waals surface area contributed by atoms with Gasteiger partial charge in [0.2, 0.25) is 0 Å². The fourth-order valence-corrected chi connectivity index (χ4v) is 1.28. The Bertz CT molecular complexity index is 371. The highest BCUT2D eigenvalue weighted by Crippen LogP contribution is 2.05. The average Bonchev–Trinajstić information content (AvgIpc) is 2.36. The van der Waals surface area contributed by atoms with Gasteiger partial charge in [0.25, 0.3) is 0 Å². The minimum absolute atomic E-state index is 0.192. The van der Waals surface area contributed by atoms with Gasteiger partial charge in [-0.25, -0.2) is 9.78 Å². The molecule has 94 valence electrons. The molecule has 1 rings (SSSR count). The molecule has 17 heavy (non-hydrogen) atoms. The van der Waals surface area contributed by atoms with E-state index in [1.54, 1.807) is 13.3 Å². The molecule has 0 spiro atoms. The van der Waals surface area contributed by atoms with Gasteiger partial charge in [0.05, 0.1) is 26.1 Å². The maximum atomic E-state index is 11.2. The topological polar surface area (TPSA) is 73.3 Å². The quantitative estimate of drug-likeness (QED) is 0.745. The highest BCUT2D eigenvalue weighted by molar-refractivity contribution is 5.87. The summed E-state index contributed by atoms with van der Waals surface area (Å²) in [4.78, 5) is 19.2. The fourth-order valence-electron chi connectivity index (χ4n) is 1.28. The number of hydrogen-bond acceptors (Lipinski definition) is 6. The van der Waals surface area contributed by atoms with Crippen molar-refractivity contribution in [2.45, 2.75) is 6.92 Å². The van der Waals surface area contributed by atoms with Crippen LogP contribution in [0, 0.1) is 5.92 Å². The van der Waals surface area contributed by atoms with Crippen LogP contribution in [0.4, 0.5) is 5.82 Å². The molecule has 1 atom stereocenters. The second-order valence-corrected chi connectivity index (χ2v) is 3.72. The lowest BCUT2D eigenvalue weighted by Gasteiger charge is -2.11. The summed E-state index contributed by atoms with van der Waals surface area (Å²) in [5, 5.41) is 3.09. The molecule has 6 nitrogen and oxygen atoms in total. The zero-order valence-electron chi connectivity index (χ0n) is 10.3. The van der Waals surface area contributed by atoms with E-state index in [0.29, 0.717) is 24.9 Å². The van der Waals surface area contributed by atoms with Crippen LogP contribution in [0.25, 0.3) is 0 Å². The Morgan fingerprint density at radius 2 is 2.24 bits per heavy atom. The zero-order chi connectivity index (χ0) is 12.7. The van der Waals surface area contributed by atoms with Crippen molar-refractivity contribution in [2.24, 2.45) is 5.92 Å². The van der Waals surface area contributed by atoms with Gasteiger partial charge in [0, 0.05) is 13.7 Å². The Kier molecular flexibility index (Phi) is 5.35. The number of anilines is 1. The Morgan fingerprint density at radius 1 is 1.47 bits per heavy atom. The van der Waals surface area contributed by atoms with E-state index in [1.165, 1.54) is 13.3 Å². The molecule has 0 bridgehead atoms. The summed E-state index contributed by atoms with van der Waals surface area (Å²) >= 11 is 0. The van der Waals surface area contributed by atoms with Crippen molar-refractivity contribution in [1.29, 1.82) is 0 Å². The highest BCUT2D eigenvalue weighted by Gasteiger charge is 2.09. The molecule has 1 aromatic heterocycles. The lowest BCUT2D eigenvalue weighted by Crippen LogP contribution is -2.17. The Morgan fingerprint density at radius 3 is 2.88 bits per heavy atom. The normalized spacial score (nSPS) is 11.9. The predicted octanol–water partition coefficient (Wildman–Crippen LogP) is 0.958. The molecule has 1 aromatic rings. The molecular formula is C11H17N3O3. The van der Waals surface area contributed by atoms with E-state index in [2.05, 4.69) is 20.0 Å². The molecule has 0 radical (unpaired) electrons. The number of nitrogens with zero attached hydrogens (tertiary/aromatic N) is 2. The van der Waals surface area contributed by atoms with Gasteiger partial charge < -0.3 is 14.8 Å². The molecule has 0 saturated heterocycles. The van der Waals surface area contributed by atoms with E-state index in [1.807, 2.05) is 6.92 Å². The van der Waals surface area contributed by atoms with Crippen LogP contribution in [-0.4, -0.2) is 43.3 Å². The summed E-state index contributed by atoms with van der Waals surface area (Å²) in [6.45, 7) is 3.42. The first kappa shape index (κ1) is 13.4.